The van der Waals surface area contributed by atoms with E-state index in [1.54, 1.807) is 23.1 Å². The number of carbonyl (C=O) groups is 2. The Morgan fingerprint density at radius 3 is 2.48 bits per heavy atom. The van der Waals surface area contributed by atoms with Gasteiger partial charge in [0.05, 0.1) is 12.1 Å². The van der Waals surface area contributed by atoms with Crippen LogP contribution in [0.3, 0.4) is 0 Å². The maximum atomic E-state index is 12.2. The third kappa shape index (κ3) is 6.94. The lowest BCUT2D eigenvalue weighted by Crippen LogP contribution is -2.33. The molecule has 0 bridgehead atoms. The number of halogens is 1. The Morgan fingerprint density at radius 1 is 1.11 bits per heavy atom. The first-order valence-corrected chi connectivity index (χ1v) is 9.30. The lowest BCUT2D eigenvalue weighted by molar-refractivity contribution is -0.129. The maximum absolute atomic E-state index is 12.2. The fourth-order valence-corrected chi connectivity index (χ4v) is 3.01. The van der Waals surface area contributed by atoms with Crippen LogP contribution in [0, 0.1) is 0 Å². The van der Waals surface area contributed by atoms with Crippen molar-refractivity contribution in [1.82, 2.24) is 4.90 Å². The van der Waals surface area contributed by atoms with E-state index in [0.717, 1.165) is 12.8 Å². The van der Waals surface area contributed by atoms with Crippen LogP contribution < -0.4 is 10.1 Å². The number of benzene rings is 2. The van der Waals surface area contributed by atoms with Crippen molar-refractivity contribution >= 4 is 29.1 Å². The summed E-state index contributed by atoms with van der Waals surface area (Å²) in [7, 11) is 1.54. The lowest BCUT2D eigenvalue weighted by Gasteiger charge is -2.21. The van der Waals surface area contributed by atoms with E-state index in [1.165, 1.54) is 19.6 Å². The van der Waals surface area contributed by atoms with Crippen LogP contribution in [0.2, 0.25) is 5.02 Å². The van der Waals surface area contributed by atoms with Crippen molar-refractivity contribution in [2.45, 2.75) is 26.2 Å². The first kappa shape index (κ1) is 20.8. The SMILES string of the molecule is COc1ccc(NC(=O)CCN(CCCc2ccccc2)C(C)=O)cc1Cl. The summed E-state index contributed by atoms with van der Waals surface area (Å²) in [5, 5.41) is 3.23. The van der Waals surface area contributed by atoms with Gasteiger partial charge in [-0.2, -0.15) is 0 Å². The molecule has 0 atom stereocenters. The second kappa shape index (κ2) is 10.6. The monoisotopic (exact) mass is 388 g/mol. The zero-order valence-electron chi connectivity index (χ0n) is 15.7. The third-order valence-electron chi connectivity index (χ3n) is 4.23. The number of ether oxygens (including phenoxy) is 1. The Labute approximate surface area is 165 Å². The minimum absolute atomic E-state index is 0.0247. The molecule has 0 radical (unpaired) electrons. The topological polar surface area (TPSA) is 58.6 Å². The Bertz CT molecular complexity index is 765. The van der Waals surface area contributed by atoms with E-state index in [9.17, 15) is 9.59 Å². The maximum Gasteiger partial charge on any atom is 0.226 e. The van der Waals surface area contributed by atoms with E-state index in [4.69, 9.17) is 16.3 Å². The molecule has 0 aliphatic carbocycles. The molecule has 2 amide bonds. The van der Waals surface area contributed by atoms with Crippen molar-refractivity contribution in [2.75, 3.05) is 25.5 Å². The molecule has 1 N–H and O–H groups in total. The molecule has 0 spiro atoms. The molecule has 6 heteroatoms. The third-order valence-corrected chi connectivity index (χ3v) is 4.52. The second-order valence-corrected chi connectivity index (χ2v) is 6.65. The normalized spacial score (nSPS) is 10.3. The van der Waals surface area contributed by atoms with Crippen LogP contribution in [0.5, 0.6) is 5.75 Å². The molecule has 2 aromatic rings. The summed E-state index contributed by atoms with van der Waals surface area (Å²) < 4.78 is 5.09. The number of hydrogen-bond donors (Lipinski definition) is 1. The summed E-state index contributed by atoms with van der Waals surface area (Å²) >= 11 is 6.06. The van der Waals surface area contributed by atoms with Crippen LogP contribution in [0.4, 0.5) is 5.69 Å². The van der Waals surface area contributed by atoms with Crippen LogP contribution in [0.15, 0.2) is 48.5 Å². The second-order valence-electron chi connectivity index (χ2n) is 6.24. The molecule has 0 aliphatic rings. The summed E-state index contributed by atoms with van der Waals surface area (Å²) in [4.78, 5) is 25.7. The van der Waals surface area contributed by atoms with Gasteiger partial charge in [-0.1, -0.05) is 41.9 Å². The van der Waals surface area contributed by atoms with Crippen molar-refractivity contribution in [3.05, 3.63) is 59.1 Å². The standard InChI is InChI=1S/C21H25ClN2O3/c1-16(25)24(13-6-9-17-7-4-3-5-8-17)14-12-21(26)23-18-10-11-20(27-2)19(22)15-18/h3-5,7-8,10-11,15H,6,9,12-14H2,1-2H3,(H,23,26). The predicted octanol–water partition coefficient (Wildman–Crippen LogP) is 4.16. The van der Waals surface area contributed by atoms with E-state index < -0.39 is 0 Å². The van der Waals surface area contributed by atoms with Crippen LogP contribution in [-0.2, 0) is 16.0 Å². The number of rotatable bonds is 9. The first-order chi connectivity index (χ1) is 13.0. The van der Waals surface area contributed by atoms with Gasteiger partial charge in [0.15, 0.2) is 0 Å². The van der Waals surface area contributed by atoms with E-state index >= 15 is 0 Å². The van der Waals surface area contributed by atoms with E-state index in [0.29, 0.717) is 29.5 Å². The lowest BCUT2D eigenvalue weighted by atomic mass is 10.1. The van der Waals surface area contributed by atoms with E-state index in [2.05, 4.69) is 17.4 Å². The van der Waals surface area contributed by atoms with E-state index in [1.807, 2.05) is 18.2 Å². The van der Waals surface area contributed by atoms with Crippen LogP contribution in [0.1, 0.15) is 25.3 Å². The molecule has 0 saturated heterocycles. The summed E-state index contributed by atoms with van der Waals surface area (Å²) in [6, 6.07) is 15.2. The Balaban J connectivity index is 1.79. The number of nitrogens with one attached hydrogen (secondary N) is 1. The Hall–Kier alpha value is -2.53. The van der Waals surface area contributed by atoms with Crippen molar-refractivity contribution < 1.29 is 14.3 Å². The van der Waals surface area contributed by atoms with Crippen molar-refractivity contribution in [3.63, 3.8) is 0 Å². The Morgan fingerprint density at radius 2 is 1.85 bits per heavy atom. The van der Waals surface area contributed by atoms with Gasteiger partial charge >= 0.3 is 0 Å². The van der Waals surface area contributed by atoms with Gasteiger partial charge in [0.1, 0.15) is 5.75 Å². The number of hydrogen-bond acceptors (Lipinski definition) is 3. The van der Waals surface area contributed by atoms with Crippen molar-refractivity contribution in [1.29, 1.82) is 0 Å². The van der Waals surface area contributed by atoms with Gasteiger partial charge < -0.3 is 15.0 Å². The molecular weight excluding hydrogens is 364 g/mol. The molecule has 144 valence electrons. The largest absolute Gasteiger partial charge is 0.495 e. The molecule has 2 rings (SSSR count). The van der Waals surface area contributed by atoms with Gasteiger partial charge in [-0.15, -0.1) is 0 Å². The zero-order chi connectivity index (χ0) is 19.6. The molecular formula is C21H25ClN2O3. The van der Waals surface area contributed by atoms with Gasteiger partial charge in [-0.05, 0) is 36.6 Å². The number of methoxy groups -OCH3 is 1. The van der Waals surface area contributed by atoms with Crippen LogP contribution in [0.25, 0.3) is 0 Å². The first-order valence-electron chi connectivity index (χ1n) is 8.92. The van der Waals surface area contributed by atoms with Gasteiger partial charge in [0.2, 0.25) is 11.8 Å². The average molecular weight is 389 g/mol. The van der Waals surface area contributed by atoms with E-state index in [-0.39, 0.29) is 18.2 Å². The Kier molecular flexibility index (Phi) is 8.14. The molecule has 0 aliphatic heterocycles. The number of anilines is 1. The molecule has 0 saturated carbocycles. The molecule has 0 fully saturated rings. The minimum atomic E-state index is -0.162. The average Bonchev–Trinajstić information content (AvgIpc) is 2.65. The number of carbonyl (C=O) groups excluding carboxylic acids is 2. The fourth-order valence-electron chi connectivity index (χ4n) is 2.75. The van der Waals surface area contributed by atoms with Gasteiger partial charge in [-0.25, -0.2) is 0 Å². The smallest absolute Gasteiger partial charge is 0.226 e. The molecule has 2 aromatic carbocycles. The molecule has 5 nitrogen and oxygen atoms in total. The van der Waals surface area contributed by atoms with Gasteiger partial charge in [-0.3, -0.25) is 9.59 Å². The zero-order valence-corrected chi connectivity index (χ0v) is 16.5. The van der Waals surface area contributed by atoms with Crippen LogP contribution in [-0.4, -0.2) is 36.9 Å². The number of aryl methyl sites for hydroxylation is 1. The highest BCUT2D eigenvalue weighted by molar-refractivity contribution is 6.32. The molecule has 0 aromatic heterocycles. The minimum Gasteiger partial charge on any atom is -0.495 e. The summed E-state index contributed by atoms with van der Waals surface area (Å²) in [5.74, 6) is 0.365. The number of nitrogens with zero attached hydrogens (tertiary/aromatic N) is 1. The highest BCUT2D eigenvalue weighted by Crippen LogP contribution is 2.27. The summed E-state index contributed by atoms with van der Waals surface area (Å²) in [6.45, 7) is 2.55. The van der Waals surface area contributed by atoms with Gasteiger partial charge in [0.25, 0.3) is 0 Å². The molecule has 0 unspecified atom stereocenters. The van der Waals surface area contributed by atoms with Gasteiger partial charge in [0, 0.05) is 32.1 Å². The highest BCUT2D eigenvalue weighted by Gasteiger charge is 2.12. The van der Waals surface area contributed by atoms with Crippen molar-refractivity contribution in [2.24, 2.45) is 0 Å². The fraction of sp³-hybridized carbons (Fsp3) is 0.333. The predicted molar refractivity (Wildman–Crippen MR) is 108 cm³/mol. The highest BCUT2D eigenvalue weighted by atomic mass is 35.5. The summed E-state index contributed by atoms with van der Waals surface area (Å²) in [6.07, 6.45) is 2.00. The quantitative estimate of drug-likeness (QED) is 0.701. The molecule has 27 heavy (non-hydrogen) atoms. The molecule has 0 heterocycles. The number of amides is 2. The van der Waals surface area contributed by atoms with Crippen molar-refractivity contribution in [3.8, 4) is 5.75 Å². The van der Waals surface area contributed by atoms with Crippen LogP contribution >= 0.6 is 11.6 Å². The summed E-state index contributed by atoms with van der Waals surface area (Å²) in [5.41, 5.74) is 1.85.